The summed E-state index contributed by atoms with van der Waals surface area (Å²) in [6.45, 7) is 6.36. The average molecular weight is 289 g/mol. The van der Waals surface area contributed by atoms with Gasteiger partial charge in [-0.25, -0.2) is 0 Å². The SMILES string of the molecule is CCCNc1ccc(C(=O)NC2CCN(C)C(C)C2)cc1. The molecule has 1 heterocycles. The number of benzene rings is 1. The second-order valence-corrected chi connectivity index (χ2v) is 6.03. The minimum Gasteiger partial charge on any atom is -0.385 e. The number of carbonyl (C=O) groups excluding carboxylic acids is 1. The van der Waals surface area contributed by atoms with E-state index < -0.39 is 0 Å². The molecule has 4 nitrogen and oxygen atoms in total. The van der Waals surface area contributed by atoms with Gasteiger partial charge >= 0.3 is 0 Å². The van der Waals surface area contributed by atoms with E-state index in [4.69, 9.17) is 0 Å². The highest BCUT2D eigenvalue weighted by Gasteiger charge is 2.24. The van der Waals surface area contributed by atoms with Crippen molar-refractivity contribution in [2.24, 2.45) is 0 Å². The first-order valence-corrected chi connectivity index (χ1v) is 7.95. The molecule has 1 amide bonds. The molecule has 1 fully saturated rings. The number of anilines is 1. The van der Waals surface area contributed by atoms with Gasteiger partial charge in [-0.15, -0.1) is 0 Å². The number of piperidine rings is 1. The second kappa shape index (κ2) is 7.46. The van der Waals surface area contributed by atoms with Gasteiger partial charge in [0.2, 0.25) is 0 Å². The topological polar surface area (TPSA) is 44.4 Å². The summed E-state index contributed by atoms with van der Waals surface area (Å²) in [4.78, 5) is 14.6. The van der Waals surface area contributed by atoms with Gasteiger partial charge in [0.1, 0.15) is 0 Å². The number of nitrogens with one attached hydrogen (secondary N) is 2. The van der Waals surface area contributed by atoms with E-state index in [2.05, 4.69) is 36.4 Å². The molecule has 0 saturated carbocycles. The molecule has 2 unspecified atom stereocenters. The Bertz CT molecular complexity index is 458. The fourth-order valence-corrected chi connectivity index (χ4v) is 2.70. The molecule has 116 valence electrons. The molecule has 0 bridgehead atoms. The maximum Gasteiger partial charge on any atom is 0.251 e. The van der Waals surface area contributed by atoms with Crippen LogP contribution in [0.15, 0.2) is 24.3 Å². The summed E-state index contributed by atoms with van der Waals surface area (Å²) < 4.78 is 0. The second-order valence-electron chi connectivity index (χ2n) is 6.03. The van der Waals surface area contributed by atoms with Gasteiger partial charge in [-0.2, -0.15) is 0 Å². The molecule has 2 rings (SSSR count). The number of nitrogens with zero attached hydrogens (tertiary/aromatic N) is 1. The molecule has 2 atom stereocenters. The van der Waals surface area contributed by atoms with Gasteiger partial charge in [0.25, 0.3) is 5.91 Å². The lowest BCUT2D eigenvalue weighted by molar-refractivity contribution is 0.0896. The molecule has 1 aromatic rings. The van der Waals surface area contributed by atoms with Crippen molar-refractivity contribution in [3.8, 4) is 0 Å². The molecule has 2 N–H and O–H groups in total. The van der Waals surface area contributed by atoms with Crippen molar-refractivity contribution >= 4 is 11.6 Å². The molecule has 1 saturated heterocycles. The Labute approximate surface area is 127 Å². The third-order valence-corrected chi connectivity index (χ3v) is 4.27. The molecule has 21 heavy (non-hydrogen) atoms. The molecule has 4 heteroatoms. The van der Waals surface area contributed by atoms with E-state index >= 15 is 0 Å². The lowest BCUT2D eigenvalue weighted by Gasteiger charge is -2.35. The van der Waals surface area contributed by atoms with Crippen LogP contribution in [0.5, 0.6) is 0 Å². The van der Waals surface area contributed by atoms with Crippen LogP contribution in [0, 0.1) is 0 Å². The first-order chi connectivity index (χ1) is 10.1. The Morgan fingerprint density at radius 3 is 2.67 bits per heavy atom. The molecular weight excluding hydrogens is 262 g/mol. The number of carbonyl (C=O) groups is 1. The average Bonchev–Trinajstić information content (AvgIpc) is 2.49. The summed E-state index contributed by atoms with van der Waals surface area (Å²) >= 11 is 0. The lowest BCUT2D eigenvalue weighted by Crippen LogP contribution is -2.47. The predicted molar refractivity (Wildman–Crippen MR) is 87.8 cm³/mol. The van der Waals surface area contributed by atoms with Crippen LogP contribution in [-0.4, -0.2) is 43.0 Å². The van der Waals surface area contributed by atoms with Crippen LogP contribution in [0.1, 0.15) is 43.5 Å². The third-order valence-electron chi connectivity index (χ3n) is 4.27. The van der Waals surface area contributed by atoms with Gasteiger partial charge in [0.15, 0.2) is 0 Å². The van der Waals surface area contributed by atoms with Crippen molar-refractivity contribution in [3.63, 3.8) is 0 Å². The number of hydrogen-bond donors (Lipinski definition) is 2. The summed E-state index contributed by atoms with van der Waals surface area (Å²) in [5.74, 6) is 0.0406. The van der Waals surface area contributed by atoms with Crippen molar-refractivity contribution in [2.75, 3.05) is 25.5 Å². The quantitative estimate of drug-likeness (QED) is 0.876. The van der Waals surface area contributed by atoms with E-state index in [1.165, 1.54) is 0 Å². The standard InChI is InChI=1S/C17H27N3O/c1-4-10-18-15-7-5-14(6-8-15)17(21)19-16-9-11-20(3)13(2)12-16/h5-8,13,16,18H,4,9-12H2,1-3H3,(H,19,21). The minimum atomic E-state index is 0.0406. The lowest BCUT2D eigenvalue weighted by atomic mass is 9.98. The Kier molecular flexibility index (Phi) is 5.62. The number of amides is 1. The first kappa shape index (κ1) is 15.8. The Morgan fingerprint density at radius 1 is 1.33 bits per heavy atom. The number of hydrogen-bond acceptors (Lipinski definition) is 3. The van der Waals surface area contributed by atoms with E-state index in [0.29, 0.717) is 12.1 Å². The van der Waals surface area contributed by atoms with Crippen LogP contribution in [0.3, 0.4) is 0 Å². The van der Waals surface area contributed by atoms with E-state index in [1.54, 1.807) is 0 Å². The van der Waals surface area contributed by atoms with Gasteiger partial charge in [-0.05, 0) is 57.5 Å². The zero-order valence-electron chi connectivity index (χ0n) is 13.4. The maximum atomic E-state index is 12.3. The predicted octanol–water partition coefficient (Wildman–Crippen LogP) is 2.72. The third kappa shape index (κ3) is 4.46. The highest BCUT2D eigenvalue weighted by Crippen LogP contribution is 2.16. The van der Waals surface area contributed by atoms with Crippen LogP contribution >= 0.6 is 0 Å². The molecular formula is C17H27N3O. The number of likely N-dealkylation sites (tertiary alicyclic amines) is 1. The van der Waals surface area contributed by atoms with Crippen molar-refractivity contribution in [2.45, 2.75) is 45.2 Å². The Hall–Kier alpha value is -1.55. The smallest absolute Gasteiger partial charge is 0.251 e. The van der Waals surface area contributed by atoms with Crippen molar-refractivity contribution < 1.29 is 4.79 Å². The van der Waals surface area contributed by atoms with Crippen LogP contribution in [0.2, 0.25) is 0 Å². The molecule has 1 aliphatic heterocycles. The summed E-state index contributed by atoms with van der Waals surface area (Å²) in [6.07, 6.45) is 3.15. The largest absolute Gasteiger partial charge is 0.385 e. The van der Waals surface area contributed by atoms with Crippen molar-refractivity contribution in [1.82, 2.24) is 10.2 Å². The Balaban J connectivity index is 1.88. The highest BCUT2D eigenvalue weighted by molar-refractivity contribution is 5.94. The molecule has 0 spiro atoms. The zero-order valence-corrected chi connectivity index (χ0v) is 13.4. The highest BCUT2D eigenvalue weighted by atomic mass is 16.1. The van der Waals surface area contributed by atoms with Gasteiger partial charge in [-0.3, -0.25) is 4.79 Å². The Morgan fingerprint density at radius 2 is 2.05 bits per heavy atom. The van der Waals surface area contributed by atoms with Crippen molar-refractivity contribution in [1.29, 1.82) is 0 Å². The normalized spacial score (nSPS) is 22.8. The van der Waals surface area contributed by atoms with Gasteiger partial charge in [0, 0.05) is 36.4 Å². The summed E-state index contributed by atoms with van der Waals surface area (Å²) in [6, 6.07) is 8.56. The summed E-state index contributed by atoms with van der Waals surface area (Å²) in [7, 11) is 2.14. The maximum absolute atomic E-state index is 12.3. The monoisotopic (exact) mass is 289 g/mol. The van der Waals surface area contributed by atoms with E-state index in [0.717, 1.165) is 43.6 Å². The van der Waals surface area contributed by atoms with Crippen molar-refractivity contribution in [3.05, 3.63) is 29.8 Å². The fraction of sp³-hybridized carbons (Fsp3) is 0.588. The van der Waals surface area contributed by atoms with E-state index in [1.807, 2.05) is 24.3 Å². The van der Waals surface area contributed by atoms with E-state index in [-0.39, 0.29) is 5.91 Å². The van der Waals surface area contributed by atoms with Crippen LogP contribution in [0.25, 0.3) is 0 Å². The van der Waals surface area contributed by atoms with Gasteiger partial charge in [0.05, 0.1) is 0 Å². The molecule has 0 radical (unpaired) electrons. The summed E-state index contributed by atoms with van der Waals surface area (Å²) in [5, 5.41) is 6.48. The van der Waals surface area contributed by atoms with E-state index in [9.17, 15) is 4.79 Å². The van der Waals surface area contributed by atoms with Crippen LogP contribution in [0.4, 0.5) is 5.69 Å². The molecule has 1 aliphatic rings. The molecule has 0 aromatic heterocycles. The zero-order chi connectivity index (χ0) is 15.2. The molecule has 0 aliphatic carbocycles. The minimum absolute atomic E-state index is 0.0406. The summed E-state index contributed by atoms with van der Waals surface area (Å²) in [5.41, 5.74) is 1.81. The van der Waals surface area contributed by atoms with Crippen LogP contribution < -0.4 is 10.6 Å². The fourth-order valence-electron chi connectivity index (χ4n) is 2.70. The van der Waals surface area contributed by atoms with Gasteiger partial charge < -0.3 is 15.5 Å². The number of rotatable bonds is 5. The van der Waals surface area contributed by atoms with Gasteiger partial charge in [-0.1, -0.05) is 6.92 Å². The first-order valence-electron chi connectivity index (χ1n) is 7.95. The molecule has 1 aromatic carbocycles. The van der Waals surface area contributed by atoms with Crippen LogP contribution in [-0.2, 0) is 0 Å².